The minimum atomic E-state index is 0.0857. The second kappa shape index (κ2) is 3.53. The number of rotatable bonds is 2. The lowest BCUT2D eigenvalue weighted by atomic mass is 10.2. The van der Waals surface area contributed by atoms with Gasteiger partial charge in [-0.3, -0.25) is 9.48 Å². The molecular weight excluding hydrogens is 178 g/mol. The average Bonchev–Trinajstić information content (AvgIpc) is 2.70. The Balaban J connectivity index is 2.13. The summed E-state index contributed by atoms with van der Waals surface area (Å²) in [5.41, 5.74) is 0.708. The standard InChI is InChI=1S/C10H15N3O/c1-8(14)9-5-11-13(6-9)10-3-4-12(2)7-10/h5-6,10H,3-4,7H2,1-2H3. The first kappa shape index (κ1) is 9.40. The molecule has 0 aliphatic carbocycles. The number of carbonyl (C=O) groups excluding carboxylic acids is 1. The molecule has 0 bridgehead atoms. The number of carbonyl (C=O) groups is 1. The molecule has 76 valence electrons. The maximum Gasteiger partial charge on any atom is 0.162 e. The molecule has 1 aliphatic rings. The van der Waals surface area contributed by atoms with Crippen molar-refractivity contribution in [3.8, 4) is 0 Å². The van der Waals surface area contributed by atoms with Gasteiger partial charge in [-0.05, 0) is 26.9 Å². The second-order valence-corrected chi connectivity index (χ2v) is 3.97. The van der Waals surface area contributed by atoms with Gasteiger partial charge in [0.05, 0.1) is 17.8 Å². The number of likely N-dealkylation sites (N-methyl/N-ethyl adjacent to an activating group) is 1. The fourth-order valence-electron chi connectivity index (χ4n) is 1.85. The Bertz CT molecular complexity index is 345. The third-order valence-corrected chi connectivity index (χ3v) is 2.75. The lowest BCUT2D eigenvalue weighted by molar-refractivity contribution is 0.101. The van der Waals surface area contributed by atoms with E-state index in [-0.39, 0.29) is 5.78 Å². The highest BCUT2D eigenvalue weighted by Crippen LogP contribution is 2.19. The molecule has 1 unspecified atom stereocenters. The number of hydrogen-bond acceptors (Lipinski definition) is 3. The van der Waals surface area contributed by atoms with Gasteiger partial charge in [0.2, 0.25) is 0 Å². The van der Waals surface area contributed by atoms with E-state index in [1.807, 2.05) is 10.9 Å². The normalized spacial score (nSPS) is 22.9. The molecule has 0 spiro atoms. The van der Waals surface area contributed by atoms with Crippen LogP contribution in [0.15, 0.2) is 12.4 Å². The number of ketones is 1. The van der Waals surface area contributed by atoms with Gasteiger partial charge in [-0.1, -0.05) is 0 Å². The van der Waals surface area contributed by atoms with Gasteiger partial charge in [0.15, 0.2) is 5.78 Å². The topological polar surface area (TPSA) is 38.1 Å². The monoisotopic (exact) mass is 193 g/mol. The average molecular weight is 193 g/mol. The zero-order valence-electron chi connectivity index (χ0n) is 8.60. The van der Waals surface area contributed by atoms with Gasteiger partial charge in [-0.2, -0.15) is 5.10 Å². The summed E-state index contributed by atoms with van der Waals surface area (Å²) < 4.78 is 1.92. The van der Waals surface area contributed by atoms with Gasteiger partial charge >= 0.3 is 0 Å². The lowest BCUT2D eigenvalue weighted by Gasteiger charge is -2.10. The summed E-state index contributed by atoms with van der Waals surface area (Å²) in [7, 11) is 2.11. The zero-order valence-corrected chi connectivity index (χ0v) is 8.60. The number of aromatic nitrogens is 2. The Morgan fingerprint density at radius 1 is 1.64 bits per heavy atom. The number of Topliss-reactive ketones (excluding diaryl/α,β-unsaturated/α-hetero) is 1. The van der Waals surface area contributed by atoms with Crippen LogP contribution in [-0.4, -0.2) is 40.6 Å². The van der Waals surface area contributed by atoms with E-state index in [2.05, 4.69) is 17.0 Å². The first-order valence-corrected chi connectivity index (χ1v) is 4.90. The van der Waals surface area contributed by atoms with Gasteiger partial charge in [-0.15, -0.1) is 0 Å². The van der Waals surface area contributed by atoms with Crippen molar-refractivity contribution in [2.45, 2.75) is 19.4 Å². The van der Waals surface area contributed by atoms with E-state index in [1.54, 1.807) is 13.1 Å². The van der Waals surface area contributed by atoms with Crippen LogP contribution in [0.4, 0.5) is 0 Å². The maximum atomic E-state index is 11.1. The summed E-state index contributed by atoms with van der Waals surface area (Å²) in [6.07, 6.45) is 4.63. The molecule has 0 amide bonds. The highest BCUT2D eigenvalue weighted by Gasteiger charge is 2.21. The molecule has 0 radical (unpaired) electrons. The summed E-state index contributed by atoms with van der Waals surface area (Å²) >= 11 is 0. The van der Waals surface area contributed by atoms with E-state index >= 15 is 0 Å². The van der Waals surface area contributed by atoms with Gasteiger partial charge < -0.3 is 4.90 Å². The Labute approximate surface area is 83.5 Å². The lowest BCUT2D eigenvalue weighted by Crippen LogP contribution is -2.16. The van der Waals surface area contributed by atoms with E-state index in [1.165, 1.54) is 0 Å². The van der Waals surface area contributed by atoms with Gasteiger partial charge in [0, 0.05) is 12.7 Å². The third kappa shape index (κ3) is 1.70. The van der Waals surface area contributed by atoms with E-state index < -0.39 is 0 Å². The molecule has 1 saturated heterocycles. The Morgan fingerprint density at radius 3 is 2.93 bits per heavy atom. The second-order valence-electron chi connectivity index (χ2n) is 3.97. The largest absolute Gasteiger partial charge is 0.304 e. The molecule has 0 N–H and O–H groups in total. The van der Waals surface area contributed by atoms with Crippen LogP contribution in [0.25, 0.3) is 0 Å². The number of nitrogens with zero attached hydrogens (tertiary/aromatic N) is 3. The van der Waals surface area contributed by atoms with Crippen molar-refractivity contribution in [3.63, 3.8) is 0 Å². The molecule has 2 rings (SSSR count). The van der Waals surface area contributed by atoms with Crippen LogP contribution in [-0.2, 0) is 0 Å². The van der Waals surface area contributed by atoms with Crippen LogP contribution in [0, 0.1) is 0 Å². The molecule has 1 aliphatic heterocycles. The summed E-state index contributed by atoms with van der Waals surface area (Å²) in [5, 5.41) is 4.22. The Kier molecular flexibility index (Phi) is 2.37. The first-order chi connectivity index (χ1) is 6.66. The van der Waals surface area contributed by atoms with Crippen molar-refractivity contribution >= 4 is 5.78 Å². The quantitative estimate of drug-likeness (QED) is 0.657. The molecule has 1 fully saturated rings. The predicted molar refractivity (Wildman–Crippen MR) is 53.4 cm³/mol. The predicted octanol–water partition coefficient (Wildman–Crippen LogP) is 0.962. The maximum absolute atomic E-state index is 11.1. The van der Waals surface area contributed by atoms with Crippen LogP contribution in [0.3, 0.4) is 0 Å². The summed E-state index contributed by atoms with van der Waals surface area (Å²) in [6.45, 7) is 3.71. The summed E-state index contributed by atoms with van der Waals surface area (Å²) in [4.78, 5) is 13.4. The van der Waals surface area contributed by atoms with Crippen molar-refractivity contribution in [1.29, 1.82) is 0 Å². The van der Waals surface area contributed by atoms with Crippen LogP contribution in [0.2, 0.25) is 0 Å². The molecule has 2 heterocycles. The van der Waals surface area contributed by atoms with Crippen molar-refractivity contribution in [2.24, 2.45) is 0 Å². The molecule has 1 aromatic heterocycles. The third-order valence-electron chi connectivity index (χ3n) is 2.75. The van der Waals surface area contributed by atoms with Crippen molar-refractivity contribution < 1.29 is 4.79 Å². The molecular formula is C10H15N3O. The first-order valence-electron chi connectivity index (χ1n) is 4.90. The minimum absolute atomic E-state index is 0.0857. The van der Waals surface area contributed by atoms with Crippen LogP contribution in [0.5, 0.6) is 0 Å². The molecule has 4 nitrogen and oxygen atoms in total. The van der Waals surface area contributed by atoms with E-state index in [0.717, 1.165) is 19.5 Å². The van der Waals surface area contributed by atoms with E-state index in [4.69, 9.17) is 0 Å². The van der Waals surface area contributed by atoms with Crippen LogP contribution < -0.4 is 0 Å². The SMILES string of the molecule is CC(=O)c1cnn(C2CCN(C)C2)c1. The Hall–Kier alpha value is -1.16. The van der Waals surface area contributed by atoms with Gasteiger partial charge in [-0.25, -0.2) is 0 Å². The fourth-order valence-corrected chi connectivity index (χ4v) is 1.85. The highest BCUT2D eigenvalue weighted by molar-refractivity contribution is 5.93. The van der Waals surface area contributed by atoms with E-state index in [0.29, 0.717) is 11.6 Å². The molecule has 1 aromatic rings. The number of likely N-dealkylation sites (tertiary alicyclic amines) is 1. The molecule has 14 heavy (non-hydrogen) atoms. The zero-order chi connectivity index (χ0) is 10.1. The van der Waals surface area contributed by atoms with E-state index in [9.17, 15) is 4.79 Å². The Morgan fingerprint density at radius 2 is 2.43 bits per heavy atom. The summed E-state index contributed by atoms with van der Waals surface area (Å²) in [6, 6.07) is 0.438. The molecule has 0 saturated carbocycles. The minimum Gasteiger partial charge on any atom is -0.304 e. The molecule has 4 heteroatoms. The van der Waals surface area contributed by atoms with Gasteiger partial charge in [0.25, 0.3) is 0 Å². The smallest absolute Gasteiger partial charge is 0.162 e. The highest BCUT2D eigenvalue weighted by atomic mass is 16.1. The van der Waals surface area contributed by atoms with Crippen LogP contribution in [0.1, 0.15) is 29.7 Å². The molecule has 1 atom stereocenters. The molecule has 0 aromatic carbocycles. The fraction of sp³-hybridized carbons (Fsp3) is 0.600. The van der Waals surface area contributed by atoms with Crippen molar-refractivity contribution in [3.05, 3.63) is 18.0 Å². The van der Waals surface area contributed by atoms with Gasteiger partial charge in [0.1, 0.15) is 0 Å². The van der Waals surface area contributed by atoms with Crippen molar-refractivity contribution in [1.82, 2.24) is 14.7 Å². The number of hydrogen-bond donors (Lipinski definition) is 0. The summed E-state index contributed by atoms with van der Waals surface area (Å²) in [5.74, 6) is 0.0857. The van der Waals surface area contributed by atoms with Crippen LogP contribution >= 0.6 is 0 Å². The van der Waals surface area contributed by atoms with Crippen molar-refractivity contribution in [2.75, 3.05) is 20.1 Å².